The summed E-state index contributed by atoms with van der Waals surface area (Å²) in [5, 5.41) is 17.9. The molecule has 0 bridgehead atoms. The van der Waals surface area contributed by atoms with Gasteiger partial charge < -0.3 is 10.2 Å². The van der Waals surface area contributed by atoms with E-state index in [1.807, 2.05) is 38.3 Å². The molecule has 2 N–H and O–H groups in total. The van der Waals surface area contributed by atoms with Crippen LogP contribution in [0.4, 0.5) is 8.78 Å². The minimum Gasteiger partial charge on any atom is -0.481 e. The molecule has 0 amide bonds. The Kier molecular flexibility index (Phi) is 8.51. The van der Waals surface area contributed by atoms with Gasteiger partial charge in [0.25, 0.3) is 0 Å². The molecule has 0 heterocycles. The molecule has 0 fully saturated rings. The van der Waals surface area contributed by atoms with Crippen LogP contribution in [0.5, 0.6) is 0 Å². The quantitative estimate of drug-likeness (QED) is 0.307. The number of carboxylic acid groups (broad SMARTS) is 2. The number of carboxylic acids is 2. The van der Waals surface area contributed by atoms with Crippen LogP contribution in [0, 0.1) is 11.6 Å². The number of benzene rings is 3. The van der Waals surface area contributed by atoms with Crippen molar-refractivity contribution in [1.29, 1.82) is 0 Å². The first kappa shape index (κ1) is 28.0. The van der Waals surface area contributed by atoms with E-state index in [9.17, 15) is 23.5 Å². The molecular weight excluding hydrogens is 518 g/mol. The normalized spacial score (nSPS) is 14.7. The molecule has 0 saturated heterocycles. The fourth-order valence-electron chi connectivity index (χ4n) is 5.00. The standard InChI is InChI=1S/C20H17FO2S.C12H11FO2/c1-12-17(9-13-3-6-15(24-2)7-4-13)16-8-5-14(21)10-19(16)18(12)11-20(22)23;1-7-4-8-2-3-9(13)5-11(8)10(7)6-12(14)15/h3-10H,11H2,1-2H3,(H,22,23);2-3,5H,4,6H2,1H3,(H,14,15). The van der Waals surface area contributed by atoms with Crippen molar-refractivity contribution >= 4 is 46.5 Å². The van der Waals surface area contributed by atoms with Gasteiger partial charge in [0.15, 0.2) is 0 Å². The van der Waals surface area contributed by atoms with Crippen LogP contribution in [0.25, 0.3) is 22.8 Å². The van der Waals surface area contributed by atoms with E-state index in [4.69, 9.17) is 5.11 Å². The lowest BCUT2D eigenvalue weighted by atomic mass is 10.0. The Bertz CT molecular complexity index is 1550. The Morgan fingerprint density at radius 2 is 1.41 bits per heavy atom. The van der Waals surface area contributed by atoms with Crippen LogP contribution in [0.15, 0.2) is 76.7 Å². The summed E-state index contributed by atoms with van der Waals surface area (Å²) in [6.45, 7) is 3.80. The third-order valence-electron chi connectivity index (χ3n) is 6.90. The van der Waals surface area contributed by atoms with Gasteiger partial charge in [0.05, 0.1) is 12.8 Å². The summed E-state index contributed by atoms with van der Waals surface area (Å²) >= 11 is 1.68. The molecule has 7 heteroatoms. The Labute approximate surface area is 230 Å². The van der Waals surface area contributed by atoms with E-state index in [0.717, 1.165) is 51.0 Å². The summed E-state index contributed by atoms with van der Waals surface area (Å²) in [4.78, 5) is 23.0. The molecular formula is C32H28F2O4S. The summed E-state index contributed by atoms with van der Waals surface area (Å²) in [7, 11) is 0. The first-order valence-corrected chi connectivity index (χ1v) is 13.6. The van der Waals surface area contributed by atoms with Gasteiger partial charge in [-0.3, -0.25) is 9.59 Å². The van der Waals surface area contributed by atoms with Gasteiger partial charge in [-0.25, -0.2) is 8.78 Å². The van der Waals surface area contributed by atoms with Gasteiger partial charge in [-0.1, -0.05) is 29.8 Å². The van der Waals surface area contributed by atoms with Crippen LogP contribution in [-0.2, 0) is 16.0 Å². The molecule has 4 nitrogen and oxygen atoms in total. The van der Waals surface area contributed by atoms with Crippen LogP contribution in [0.1, 0.15) is 54.5 Å². The summed E-state index contributed by atoms with van der Waals surface area (Å²) in [6.07, 6.45) is 4.66. The van der Waals surface area contributed by atoms with E-state index < -0.39 is 11.9 Å². The van der Waals surface area contributed by atoms with Gasteiger partial charge in [0.1, 0.15) is 11.6 Å². The van der Waals surface area contributed by atoms with Crippen molar-refractivity contribution in [3.63, 3.8) is 0 Å². The van der Waals surface area contributed by atoms with Crippen LogP contribution < -0.4 is 0 Å². The molecule has 0 unspecified atom stereocenters. The molecule has 200 valence electrons. The molecule has 3 aromatic carbocycles. The summed E-state index contributed by atoms with van der Waals surface area (Å²) in [6, 6.07) is 17.3. The fraction of sp³-hybridized carbons (Fsp3) is 0.188. The molecule has 2 aliphatic carbocycles. The SMILES string of the molecule is CC1=C(CC(=O)O)c2cc(F)ccc2C1.CSc1ccc(C=C2C(C)=C(CC(=O)O)c3cc(F)ccc32)cc1. The van der Waals surface area contributed by atoms with Crippen molar-refractivity contribution in [2.75, 3.05) is 6.26 Å². The molecule has 0 spiro atoms. The zero-order valence-electron chi connectivity index (χ0n) is 21.8. The number of rotatable bonds is 6. The number of aliphatic carboxylic acids is 2. The average Bonchev–Trinajstić information content (AvgIpc) is 3.32. The van der Waals surface area contributed by atoms with Gasteiger partial charge in [-0.2, -0.15) is 0 Å². The number of carbonyl (C=O) groups is 2. The van der Waals surface area contributed by atoms with Gasteiger partial charge >= 0.3 is 11.9 Å². The zero-order valence-corrected chi connectivity index (χ0v) is 22.7. The summed E-state index contributed by atoms with van der Waals surface area (Å²) in [5.41, 5.74) is 8.71. The highest BCUT2D eigenvalue weighted by atomic mass is 32.2. The fourth-order valence-corrected chi connectivity index (χ4v) is 5.41. The Balaban J connectivity index is 0.000000202. The van der Waals surface area contributed by atoms with Gasteiger partial charge in [-0.05, 0) is 119 Å². The lowest BCUT2D eigenvalue weighted by Gasteiger charge is -2.05. The van der Waals surface area contributed by atoms with Crippen molar-refractivity contribution < 1.29 is 28.6 Å². The third kappa shape index (κ3) is 6.37. The zero-order chi connectivity index (χ0) is 28.3. The van der Waals surface area contributed by atoms with Gasteiger partial charge in [0.2, 0.25) is 0 Å². The number of thioether (sulfide) groups is 1. The predicted octanol–water partition coefficient (Wildman–Crippen LogP) is 7.98. The Morgan fingerprint density at radius 3 is 2.03 bits per heavy atom. The molecule has 39 heavy (non-hydrogen) atoms. The number of hydrogen-bond donors (Lipinski definition) is 2. The average molecular weight is 547 g/mol. The monoisotopic (exact) mass is 546 g/mol. The van der Waals surface area contributed by atoms with Gasteiger partial charge in [0, 0.05) is 4.90 Å². The Hall–Kier alpha value is -3.97. The van der Waals surface area contributed by atoms with Crippen LogP contribution in [0.2, 0.25) is 0 Å². The minimum atomic E-state index is -0.912. The smallest absolute Gasteiger partial charge is 0.307 e. The molecule has 3 aromatic rings. The van der Waals surface area contributed by atoms with Crippen molar-refractivity contribution in [2.24, 2.45) is 0 Å². The minimum absolute atomic E-state index is 0.0255. The summed E-state index contributed by atoms with van der Waals surface area (Å²) < 4.78 is 26.7. The van der Waals surface area contributed by atoms with Gasteiger partial charge in [-0.15, -0.1) is 11.8 Å². The van der Waals surface area contributed by atoms with E-state index >= 15 is 0 Å². The van der Waals surface area contributed by atoms with Crippen LogP contribution >= 0.6 is 11.8 Å². The highest BCUT2D eigenvalue weighted by Gasteiger charge is 2.25. The van der Waals surface area contributed by atoms with Crippen molar-refractivity contribution in [3.05, 3.63) is 111 Å². The van der Waals surface area contributed by atoms with E-state index in [-0.39, 0.29) is 24.5 Å². The molecule has 5 rings (SSSR count). The second kappa shape index (κ2) is 11.8. The third-order valence-corrected chi connectivity index (χ3v) is 7.65. The van der Waals surface area contributed by atoms with E-state index in [1.54, 1.807) is 23.9 Å². The van der Waals surface area contributed by atoms with Crippen molar-refractivity contribution in [2.45, 2.75) is 38.0 Å². The predicted molar refractivity (Wildman–Crippen MR) is 152 cm³/mol. The lowest BCUT2D eigenvalue weighted by molar-refractivity contribution is -0.136. The first-order valence-electron chi connectivity index (χ1n) is 12.3. The summed E-state index contributed by atoms with van der Waals surface area (Å²) in [5.74, 6) is -2.45. The molecule has 0 aliphatic heterocycles. The van der Waals surface area contributed by atoms with Crippen molar-refractivity contribution in [3.8, 4) is 0 Å². The first-order chi connectivity index (χ1) is 18.6. The lowest BCUT2D eigenvalue weighted by Crippen LogP contribution is -1.97. The second-order valence-corrected chi connectivity index (χ2v) is 10.4. The second-order valence-electron chi connectivity index (χ2n) is 9.50. The topological polar surface area (TPSA) is 74.6 Å². The number of halogens is 2. The van der Waals surface area contributed by atoms with E-state index in [2.05, 4.69) is 12.1 Å². The maximum atomic E-state index is 13.6. The molecule has 2 aliphatic rings. The number of allylic oxidation sites excluding steroid dienone is 3. The highest BCUT2D eigenvalue weighted by molar-refractivity contribution is 7.98. The maximum absolute atomic E-state index is 13.6. The van der Waals surface area contributed by atoms with E-state index in [1.165, 1.54) is 29.2 Å². The molecule has 0 saturated carbocycles. The number of fused-ring (bicyclic) bond motifs is 2. The maximum Gasteiger partial charge on any atom is 0.307 e. The Morgan fingerprint density at radius 1 is 0.821 bits per heavy atom. The van der Waals surface area contributed by atoms with Crippen LogP contribution in [-0.4, -0.2) is 28.4 Å². The van der Waals surface area contributed by atoms with Crippen molar-refractivity contribution in [1.82, 2.24) is 0 Å². The largest absolute Gasteiger partial charge is 0.481 e. The van der Waals surface area contributed by atoms with Crippen LogP contribution in [0.3, 0.4) is 0 Å². The molecule has 0 radical (unpaired) electrons. The highest BCUT2D eigenvalue weighted by Crippen LogP contribution is 2.44. The molecule has 0 atom stereocenters. The van der Waals surface area contributed by atoms with E-state index in [0.29, 0.717) is 11.1 Å². The number of hydrogen-bond acceptors (Lipinski definition) is 3. The molecule has 0 aromatic heterocycles.